The molecule has 0 bridgehead atoms. The summed E-state index contributed by atoms with van der Waals surface area (Å²) in [6, 6.07) is 7.81. The van der Waals surface area contributed by atoms with Crippen LogP contribution in [0.5, 0.6) is 0 Å². The first-order valence-corrected chi connectivity index (χ1v) is 8.99. The largest absolute Gasteiger partial charge is 4.00 e. The fraction of sp³-hybridized carbons (Fsp3) is 0.333. The second-order valence-corrected chi connectivity index (χ2v) is 7.72. The van der Waals surface area contributed by atoms with Crippen LogP contribution in [0.15, 0.2) is 43.8 Å². The number of nitrogens with zero attached hydrogens (tertiary/aromatic N) is 2. The predicted octanol–water partition coefficient (Wildman–Crippen LogP) is 3.74. The minimum atomic E-state index is 0. The zero-order valence-electron chi connectivity index (χ0n) is 15.2. The van der Waals surface area contributed by atoms with Crippen LogP contribution in [0.4, 0.5) is 11.4 Å². The van der Waals surface area contributed by atoms with Crippen LogP contribution in [-0.2, 0) is 67.0 Å². The van der Waals surface area contributed by atoms with E-state index < -0.39 is 0 Å². The minimum Gasteiger partial charge on any atom is -0.781 e. The van der Waals surface area contributed by atoms with Gasteiger partial charge in [-0.15, -0.1) is 0 Å². The Kier molecular flexibility index (Phi) is 10.3. The third-order valence-electron chi connectivity index (χ3n) is 3.49. The van der Waals surface area contributed by atoms with E-state index in [1.807, 2.05) is 76.1 Å². The maximum atomic E-state index is 5.09. The molecule has 2 nitrogen and oxygen atoms in total. The molecule has 2 aromatic rings. The summed E-state index contributed by atoms with van der Waals surface area (Å²) in [5, 5.41) is 0. The standard InChI is InChI=1S/2C9H13NS2.Ni/c2*1-6-4-8(11)9(12)5-7(6)10(2)3;/h2*4-5,11-12H,1-3H3;/q;;+4/p-4. The van der Waals surface area contributed by atoms with E-state index in [-0.39, 0.29) is 16.5 Å². The molecule has 2 aromatic carbocycles. The molecule has 0 aliphatic rings. The third-order valence-corrected chi connectivity index (χ3v) is 5.10. The van der Waals surface area contributed by atoms with E-state index in [0.717, 1.165) is 31.0 Å². The Labute approximate surface area is 184 Å². The van der Waals surface area contributed by atoms with Crippen LogP contribution >= 0.6 is 0 Å². The second kappa shape index (κ2) is 10.5. The van der Waals surface area contributed by atoms with Crippen molar-refractivity contribution in [2.75, 3.05) is 38.0 Å². The third kappa shape index (κ3) is 6.91. The van der Waals surface area contributed by atoms with Gasteiger partial charge in [-0.1, -0.05) is 24.3 Å². The molecule has 7 heteroatoms. The van der Waals surface area contributed by atoms with Gasteiger partial charge in [-0.05, 0) is 25.0 Å². The van der Waals surface area contributed by atoms with E-state index in [4.69, 9.17) is 50.5 Å². The van der Waals surface area contributed by atoms with Crippen LogP contribution in [0.3, 0.4) is 0 Å². The summed E-state index contributed by atoms with van der Waals surface area (Å²) in [6.07, 6.45) is 0. The van der Waals surface area contributed by atoms with E-state index in [1.54, 1.807) is 0 Å². The van der Waals surface area contributed by atoms with Crippen LogP contribution in [0.2, 0.25) is 0 Å². The zero-order valence-corrected chi connectivity index (χ0v) is 19.4. The topological polar surface area (TPSA) is 6.48 Å². The van der Waals surface area contributed by atoms with Crippen molar-refractivity contribution in [1.29, 1.82) is 0 Å². The zero-order chi connectivity index (χ0) is 18.6. The summed E-state index contributed by atoms with van der Waals surface area (Å²) in [5.74, 6) is 0. The average Bonchev–Trinajstić information content (AvgIpc) is 2.46. The molecule has 0 heterocycles. The number of hydrogen-bond donors (Lipinski definition) is 0. The van der Waals surface area contributed by atoms with Crippen LogP contribution in [-0.4, -0.2) is 28.2 Å². The molecule has 0 radical (unpaired) electrons. The maximum Gasteiger partial charge on any atom is 4.00 e. The van der Waals surface area contributed by atoms with Gasteiger partial charge in [-0.25, -0.2) is 0 Å². The number of hydrogen-bond acceptors (Lipinski definition) is 6. The minimum absolute atomic E-state index is 0. The van der Waals surface area contributed by atoms with E-state index in [1.165, 1.54) is 11.1 Å². The van der Waals surface area contributed by atoms with E-state index in [2.05, 4.69) is 0 Å². The van der Waals surface area contributed by atoms with Crippen molar-refractivity contribution in [3.05, 3.63) is 35.4 Å². The molecule has 0 aromatic heterocycles. The summed E-state index contributed by atoms with van der Waals surface area (Å²) in [6.45, 7) is 4.08. The van der Waals surface area contributed by atoms with E-state index >= 15 is 0 Å². The first-order chi connectivity index (χ1) is 11.0. The SMILES string of the molecule is Cc1cc([S-])c([S-])cc1N(C)C.Cc1cc([S-])c([S-])cc1N(C)C.[Ni+4]. The van der Waals surface area contributed by atoms with Crippen molar-refractivity contribution in [2.24, 2.45) is 0 Å². The summed E-state index contributed by atoms with van der Waals surface area (Å²) in [7, 11) is 8.00. The summed E-state index contributed by atoms with van der Waals surface area (Å²) in [4.78, 5) is 7.15. The summed E-state index contributed by atoms with van der Waals surface area (Å²) >= 11 is 20.3. The number of benzene rings is 2. The smallest absolute Gasteiger partial charge is 0.781 e. The second-order valence-electron chi connectivity index (χ2n) is 5.96. The van der Waals surface area contributed by atoms with Gasteiger partial charge in [-0.3, -0.25) is 0 Å². The molecule has 0 aliphatic carbocycles. The van der Waals surface area contributed by atoms with Gasteiger partial charge in [-0.2, -0.15) is 19.6 Å². The number of aryl methyl sites for hydroxylation is 2. The van der Waals surface area contributed by atoms with Crippen LogP contribution in [0.1, 0.15) is 11.1 Å². The molecule has 0 spiro atoms. The molecule has 0 amide bonds. The van der Waals surface area contributed by atoms with Gasteiger partial charge in [0.15, 0.2) is 0 Å². The molecule has 0 N–H and O–H groups in total. The molecule has 0 saturated carbocycles. The van der Waals surface area contributed by atoms with Gasteiger partial charge in [0.2, 0.25) is 0 Å². The van der Waals surface area contributed by atoms with Crippen molar-refractivity contribution in [1.82, 2.24) is 0 Å². The predicted molar refractivity (Wildman–Crippen MR) is 114 cm³/mol. The average molecular weight is 453 g/mol. The van der Waals surface area contributed by atoms with Gasteiger partial charge in [0.25, 0.3) is 0 Å². The first kappa shape index (κ1) is 24.4. The van der Waals surface area contributed by atoms with Crippen molar-refractivity contribution in [2.45, 2.75) is 33.4 Å². The Bertz CT molecular complexity index is 657. The molecule has 0 saturated heterocycles. The van der Waals surface area contributed by atoms with Crippen LogP contribution in [0.25, 0.3) is 0 Å². The van der Waals surface area contributed by atoms with Crippen molar-refractivity contribution < 1.29 is 16.5 Å². The molecular weight excluding hydrogens is 431 g/mol. The number of rotatable bonds is 2. The van der Waals surface area contributed by atoms with Crippen LogP contribution in [0, 0.1) is 13.8 Å². The maximum absolute atomic E-state index is 5.09. The summed E-state index contributed by atoms with van der Waals surface area (Å²) < 4.78 is 0. The molecule has 0 atom stereocenters. The Morgan fingerprint density at radius 3 is 1.04 bits per heavy atom. The van der Waals surface area contributed by atoms with Crippen LogP contribution < -0.4 is 9.80 Å². The quantitative estimate of drug-likeness (QED) is 0.502. The Morgan fingerprint density at radius 1 is 0.560 bits per heavy atom. The molecule has 138 valence electrons. The fourth-order valence-electron chi connectivity index (χ4n) is 2.27. The van der Waals surface area contributed by atoms with Gasteiger partial charge in [0, 0.05) is 39.6 Å². The molecule has 0 fully saturated rings. The normalized spacial score (nSPS) is 9.52. The Hall–Kier alpha value is -0.586. The van der Waals surface area contributed by atoms with E-state index in [9.17, 15) is 0 Å². The van der Waals surface area contributed by atoms with Crippen molar-refractivity contribution >= 4 is 61.9 Å². The van der Waals surface area contributed by atoms with Gasteiger partial charge in [0.05, 0.1) is 0 Å². The van der Waals surface area contributed by atoms with E-state index in [0.29, 0.717) is 0 Å². The molecule has 0 aliphatic heterocycles. The Balaban J connectivity index is 0.000000443. The Morgan fingerprint density at radius 2 is 0.800 bits per heavy atom. The molecule has 0 unspecified atom stereocenters. The van der Waals surface area contributed by atoms with Crippen molar-refractivity contribution in [3.8, 4) is 0 Å². The number of anilines is 2. The van der Waals surface area contributed by atoms with Gasteiger partial charge in [0.1, 0.15) is 0 Å². The van der Waals surface area contributed by atoms with Gasteiger partial charge >= 0.3 is 16.5 Å². The monoisotopic (exact) mass is 452 g/mol. The first-order valence-electron chi connectivity index (χ1n) is 7.36. The molecule has 2 rings (SSSR count). The summed E-state index contributed by atoms with van der Waals surface area (Å²) in [5.41, 5.74) is 4.65. The fourth-order valence-corrected chi connectivity index (χ4v) is 3.08. The molecular formula is C18H22N2NiS4. The van der Waals surface area contributed by atoms with Gasteiger partial charge < -0.3 is 60.3 Å². The van der Waals surface area contributed by atoms with Crippen molar-refractivity contribution in [3.63, 3.8) is 0 Å². The molecule has 25 heavy (non-hydrogen) atoms.